The van der Waals surface area contributed by atoms with Gasteiger partial charge in [0.1, 0.15) is 6.04 Å². The van der Waals surface area contributed by atoms with Gasteiger partial charge in [-0.2, -0.15) is 5.10 Å². The highest BCUT2D eigenvalue weighted by Gasteiger charge is 2.22. The average molecular weight is 321 g/mol. The maximum Gasteiger partial charge on any atom is 0.246 e. The summed E-state index contributed by atoms with van der Waals surface area (Å²) in [5.74, 6) is -0.0812. The molecule has 24 heavy (non-hydrogen) atoms. The van der Waals surface area contributed by atoms with Crippen molar-refractivity contribution in [3.63, 3.8) is 0 Å². The fraction of sp³-hybridized carbons (Fsp3) is 0.222. The Labute approximate surface area is 139 Å². The van der Waals surface area contributed by atoms with Crippen molar-refractivity contribution in [2.45, 2.75) is 19.1 Å². The summed E-state index contributed by atoms with van der Waals surface area (Å²) in [5.41, 5.74) is 5.35. The number of amides is 1. The molecular weight excluding hydrogens is 302 g/mol. The Balaban J connectivity index is 1.72. The summed E-state index contributed by atoms with van der Waals surface area (Å²) >= 11 is 0. The highest BCUT2D eigenvalue weighted by atomic mass is 16.2. The molecule has 0 saturated carbocycles. The highest BCUT2D eigenvalue weighted by Crippen LogP contribution is 2.28. The lowest BCUT2D eigenvalue weighted by Gasteiger charge is -2.20. The summed E-state index contributed by atoms with van der Waals surface area (Å²) in [7, 11) is 1.65. The molecule has 4 N–H and O–H groups in total. The van der Waals surface area contributed by atoms with Crippen molar-refractivity contribution in [1.29, 1.82) is 0 Å². The van der Waals surface area contributed by atoms with Crippen LogP contribution in [0.2, 0.25) is 0 Å². The topological polar surface area (TPSA) is 81.8 Å². The lowest BCUT2D eigenvalue weighted by atomic mass is 10.0. The smallest absolute Gasteiger partial charge is 0.246 e. The number of carbonyl (C=O) groups is 1. The lowest BCUT2D eigenvalue weighted by Crippen LogP contribution is -2.31. The number of hydrogen-bond acceptors (Lipinski definition) is 4. The van der Waals surface area contributed by atoms with Gasteiger partial charge in [-0.15, -0.1) is 0 Å². The van der Waals surface area contributed by atoms with Crippen LogP contribution in [0.15, 0.2) is 42.6 Å². The monoisotopic (exact) mass is 321 g/mol. The molecule has 0 aliphatic carbocycles. The third-order valence-corrected chi connectivity index (χ3v) is 4.49. The van der Waals surface area contributed by atoms with E-state index in [9.17, 15) is 4.79 Å². The number of fused-ring (bicyclic) bond motifs is 2. The van der Waals surface area contributed by atoms with E-state index in [-0.39, 0.29) is 5.91 Å². The van der Waals surface area contributed by atoms with Crippen LogP contribution in [0.4, 0.5) is 5.69 Å². The molecule has 0 bridgehead atoms. The Morgan fingerprint density at radius 2 is 2.08 bits per heavy atom. The number of anilines is 1. The quantitative estimate of drug-likeness (QED) is 0.593. The number of benzene rings is 2. The molecule has 1 aliphatic heterocycles. The summed E-state index contributed by atoms with van der Waals surface area (Å²) < 4.78 is 0. The minimum atomic E-state index is -0.483. The van der Waals surface area contributed by atoms with Gasteiger partial charge in [0.2, 0.25) is 5.91 Å². The molecule has 2 aromatic carbocycles. The van der Waals surface area contributed by atoms with Gasteiger partial charge in [-0.05, 0) is 34.9 Å². The number of rotatable bonds is 4. The van der Waals surface area contributed by atoms with Crippen molar-refractivity contribution >= 4 is 22.5 Å². The fourth-order valence-corrected chi connectivity index (χ4v) is 3.22. The van der Waals surface area contributed by atoms with E-state index in [1.54, 1.807) is 13.2 Å². The van der Waals surface area contributed by atoms with Gasteiger partial charge in [-0.25, -0.2) is 0 Å². The summed E-state index contributed by atoms with van der Waals surface area (Å²) in [5, 5.41) is 17.4. The molecule has 0 radical (unpaired) electrons. The first-order valence-corrected chi connectivity index (χ1v) is 7.99. The second-order valence-electron chi connectivity index (χ2n) is 5.96. The molecule has 1 aromatic heterocycles. The summed E-state index contributed by atoms with van der Waals surface area (Å²) in [6.07, 6.45) is 1.76. The minimum absolute atomic E-state index is 0.0812. The average Bonchev–Trinajstić information content (AvgIpc) is 3.27. The van der Waals surface area contributed by atoms with Crippen LogP contribution < -0.4 is 16.0 Å². The SMILES string of the molecule is CNC(=O)[C@H](Nc1ccc2c(c1)CNC2)c1cccc2[nH]ncc12. The molecule has 0 spiro atoms. The number of likely N-dealkylation sites (N-methyl/N-ethyl adjacent to an activating group) is 1. The zero-order valence-electron chi connectivity index (χ0n) is 13.4. The normalized spacial score (nSPS) is 14.4. The molecule has 4 rings (SSSR count). The van der Waals surface area contributed by atoms with E-state index in [0.29, 0.717) is 0 Å². The van der Waals surface area contributed by atoms with Gasteiger partial charge in [-0.3, -0.25) is 9.89 Å². The molecule has 2 heterocycles. The van der Waals surface area contributed by atoms with Crippen LogP contribution >= 0.6 is 0 Å². The van der Waals surface area contributed by atoms with Gasteiger partial charge in [0.05, 0.1) is 11.7 Å². The van der Waals surface area contributed by atoms with Crippen LogP contribution in [0.3, 0.4) is 0 Å². The second kappa shape index (κ2) is 5.98. The molecule has 6 heteroatoms. The Morgan fingerprint density at radius 3 is 2.96 bits per heavy atom. The van der Waals surface area contributed by atoms with E-state index < -0.39 is 6.04 Å². The number of carbonyl (C=O) groups excluding carboxylic acids is 1. The molecular formula is C18H19N5O. The van der Waals surface area contributed by atoms with Crippen LogP contribution in [0.25, 0.3) is 10.9 Å². The molecule has 122 valence electrons. The van der Waals surface area contributed by atoms with Crippen molar-refractivity contribution in [3.05, 3.63) is 59.3 Å². The van der Waals surface area contributed by atoms with E-state index in [4.69, 9.17) is 0 Å². The third-order valence-electron chi connectivity index (χ3n) is 4.49. The van der Waals surface area contributed by atoms with Gasteiger partial charge >= 0.3 is 0 Å². The van der Waals surface area contributed by atoms with Gasteiger partial charge in [0, 0.05) is 31.2 Å². The number of aromatic amines is 1. The Morgan fingerprint density at radius 1 is 1.21 bits per heavy atom. The van der Waals surface area contributed by atoms with Gasteiger partial charge in [0.25, 0.3) is 0 Å². The van der Waals surface area contributed by atoms with Crippen molar-refractivity contribution in [2.75, 3.05) is 12.4 Å². The third kappa shape index (κ3) is 2.51. The Hall–Kier alpha value is -2.86. The maximum absolute atomic E-state index is 12.5. The molecule has 3 aromatic rings. The van der Waals surface area contributed by atoms with Crippen LogP contribution in [0.1, 0.15) is 22.7 Å². The van der Waals surface area contributed by atoms with Crippen molar-refractivity contribution < 1.29 is 4.79 Å². The molecule has 6 nitrogen and oxygen atoms in total. The molecule has 0 saturated heterocycles. The van der Waals surface area contributed by atoms with Gasteiger partial charge < -0.3 is 16.0 Å². The van der Waals surface area contributed by atoms with E-state index in [1.165, 1.54) is 11.1 Å². The largest absolute Gasteiger partial charge is 0.370 e. The molecule has 1 atom stereocenters. The zero-order chi connectivity index (χ0) is 16.5. The number of H-pyrrole nitrogens is 1. The predicted octanol–water partition coefficient (Wildman–Crippen LogP) is 2.07. The molecule has 0 fully saturated rings. The number of nitrogens with one attached hydrogen (secondary N) is 4. The Bertz CT molecular complexity index is 901. The summed E-state index contributed by atoms with van der Waals surface area (Å²) in [6, 6.07) is 11.6. The van der Waals surface area contributed by atoms with E-state index in [2.05, 4.69) is 38.3 Å². The summed E-state index contributed by atoms with van der Waals surface area (Å²) in [4.78, 5) is 12.5. The number of nitrogens with zero attached hydrogens (tertiary/aromatic N) is 1. The molecule has 1 amide bonds. The Kier molecular flexibility index (Phi) is 3.66. The lowest BCUT2D eigenvalue weighted by molar-refractivity contribution is -0.121. The minimum Gasteiger partial charge on any atom is -0.370 e. The van der Waals surface area contributed by atoms with E-state index >= 15 is 0 Å². The predicted molar refractivity (Wildman–Crippen MR) is 93.5 cm³/mol. The van der Waals surface area contributed by atoms with Crippen molar-refractivity contribution in [1.82, 2.24) is 20.8 Å². The van der Waals surface area contributed by atoms with Crippen LogP contribution in [-0.4, -0.2) is 23.2 Å². The number of hydrogen-bond donors (Lipinski definition) is 4. The van der Waals surface area contributed by atoms with Crippen LogP contribution in [-0.2, 0) is 17.9 Å². The summed E-state index contributed by atoms with van der Waals surface area (Å²) in [6.45, 7) is 1.77. The molecule has 0 unspecified atom stereocenters. The first-order chi connectivity index (χ1) is 11.8. The highest BCUT2D eigenvalue weighted by molar-refractivity contribution is 5.92. The van der Waals surface area contributed by atoms with E-state index in [0.717, 1.165) is 35.2 Å². The van der Waals surface area contributed by atoms with Gasteiger partial charge in [-0.1, -0.05) is 18.2 Å². The van der Waals surface area contributed by atoms with Crippen LogP contribution in [0.5, 0.6) is 0 Å². The zero-order valence-corrected chi connectivity index (χ0v) is 13.4. The maximum atomic E-state index is 12.5. The number of aromatic nitrogens is 2. The fourth-order valence-electron chi connectivity index (χ4n) is 3.22. The van der Waals surface area contributed by atoms with E-state index in [1.807, 2.05) is 24.3 Å². The molecule has 1 aliphatic rings. The van der Waals surface area contributed by atoms with Gasteiger partial charge in [0.15, 0.2) is 0 Å². The standard InChI is InChI=1S/C18H19N5O/c1-19-18(24)17(14-3-2-4-16-15(14)10-21-23-16)22-13-6-5-11-8-20-9-12(11)7-13/h2-7,10,17,20,22H,8-9H2,1H3,(H,19,24)(H,21,23)/t17-/m1/s1. The second-order valence-corrected chi connectivity index (χ2v) is 5.96. The first-order valence-electron chi connectivity index (χ1n) is 7.99. The first kappa shape index (κ1) is 14.7. The van der Waals surface area contributed by atoms with Crippen molar-refractivity contribution in [2.24, 2.45) is 0 Å². The van der Waals surface area contributed by atoms with Crippen LogP contribution in [0, 0.1) is 0 Å². The van der Waals surface area contributed by atoms with Crippen molar-refractivity contribution in [3.8, 4) is 0 Å².